The first-order valence-corrected chi connectivity index (χ1v) is 6.56. The van der Waals surface area contributed by atoms with Crippen molar-refractivity contribution in [1.29, 1.82) is 0 Å². The fourth-order valence-electron chi connectivity index (χ4n) is 1.88. The number of rotatable bonds is 4. The third-order valence-corrected chi connectivity index (χ3v) is 3.29. The smallest absolute Gasteiger partial charge is 0.342 e. The van der Waals surface area contributed by atoms with Gasteiger partial charge >= 0.3 is 5.97 Å². The van der Waals surface area contributed by atoms with Gasteiger partial charge in [-0.05, 0) is 44.0 Å². The third-order valence-electron chi connectivity index (χ3n) is 3.29. The van der Waals surface area contributed by atoms with E-state index < -0.39 is 5.97 Å². The average Bonchev–Trinajstić information content (AvgIpc) is 2.87. The highest BCUT2D eigenvalue weighted by molar-refractivity contribution is 5.96. The van der Waals surface area contributed by atoms with E-state index in [1.165, 1.54) is 12.3 Å². The van der Waals surface area contributed by atoms with Crippen LogP contribution in [0.5, 0.6) is 0 Å². The number of nitrogens with one attached hydrogen (secondary N) is 1. The van der Waals surface area contributed by atoms with Gasteiger partial charge in [-0.2, -0.15) is 0 Å². The summed E-state index contributed by atoms with van der Waals surface area (Å²) < 4.78 is 9.98. The minimum atomic E-state index is -0.572. The summed E-state index contributed by atoms with van der Waals surface area (Å²) in [6.45, 7) is 5.21. The Hall–Kier alpha value is -2.56. The van der Waals surface area contributed by atoms with Crippen LogP contribution in [0.25, 0.3) is 0 Å². The monoisotopic (exact) mass is 287 g/mol. The number of esters is 1. The molecule has 1 amide bonds. The highest BCUT2D eigenvalue weighted by Gasteiger charge is 2.15. The molecule has 1 aromatic carbocycles. The first-order valence-electron chi connectivity index (χ1n) is 6.56. The molecule has 5 heteroatoms. The van der Waals surface area contributed by atoms with E-state index >= 15 is 0 Å². The standard InChI is InChI=1S/C16H17NO4/c1-10-5-4-6-14(11(10)2)17-15(18)9-21-16(19)13-7-8-20-12(13)3/h4-8H,9H2,1-3H3,(H,17,18). The number of benzene rings is 1. The molecule has 0 radical (unpaired) electrons. The van der Waals surface area contributed by atoms with E-state index in [1.807, 2.05) is 32.0 Å². The molecule has 0 saturated heterocycles. The van der Waals surface area contributed by atoms with E-state index in [0.29, 0.717) is 11.3 Å². The highest BCUT2D eigenvalue weighted by Crippen LogP contribution is 2.17. The van der Waals surface area contributed by atoms with Gasteiger partial charge in [0.1, 0.15) is 11.3 Å². The largest absolute Gasteiger partial charge is 0.469 e. The fraction of sp³-hybridized carbons (Fsp3) is 0.250. The van der Waals surface area contributed by atoms with Gasteiger partial charge in [0.25, 0.3) is 5.91 Å². The van der Waals surface area contributed by atoms with Crippen molar-refractivity contribution in [2.45, 2.75) is 20.8 Å². The number of hydrogen-bond acceptors (Lipinski definition) is 4. The van der Waals surface area contributed by atoms with Gasteiger partial charge in [0, 0.05) is 5.69 Å². The Morgan fingerprint density at radius 3 is 2.62 bits per heavy atom. The maximum absolute atomic E-state index is 11.8. The summed E-state index contributed by atoms with van der Waals surface area (Å²) in [5.74, 6) is -0.481. The summed E-state index contributed by atoms with van der Waals surface area (Å²) in [6.07, 6.45) is 1.40. The molecule has 0 aliphatic rings. The maximum atomic E-state index is 11.8. The number of amides is 1. The van der Waals surface area contributed by atoms with E-state index in [-0.39, 0.29) is 12.5 Å². The average molecular weight is 287 g/mol. The molecule has 0 unspecified atom stereocenters. The van der Waals surface area contributed by atoms with Crippen LogP contribution in [0.1, 0.15) is 27.2 Å². The number of anilines is 1. The van der Waals surface area contributed by atoms with Gasteiger partial charge in [0.2, 0.25) is 0 Å². The fourth-order valence-corrected chi connectivity index (χ4v) is 1.88. The van der Waals surface area contributed by atoms with Crippen LogP contribution in [0, 0.1) is 20.8 Å². The third kappa shape index (κ3) is 3.51. The van der Waals surface area contributed by atoms with Gasteiger partial charge in [0.05, 0.1) is 6.26 Å². The van der Waals surface area contributed by atoms with Crippen LogP contribution >= 0.6 is 0 Å². The molecule has 0 aliphatic carbocycles. The Bertz CT molecular complexity index is 673. The quantitative estimate of drug-likeness (QED) is 0.878. The summed E-state index contributed by atoms with van der Waals surface area (Å²) in [5.41, 5.74) is 3.12. The van der Waals surface area contributed by atoms with Gasteiger partial charge in [-0.25, -0.2) is 4.79 Å². The molecule has 0 atom stereocenters. The van der Waals surface area contributed by atoms with Gasteiger partial charge < -0.3 is 14.5 Å². The lowest BCUT2D eigenvalue weighted by molar-refractivity contribution is -0.119. The molecule has 0 saturated carbocycles. The predicted molar refractivity (Wildman–Crippen MR) is 78.3 cm³/mol. The molecule has 1 aromatic heterocycles. The van der Waals surface area contributed by atoms with E-state index in [0.717, 1.165) is 16.8 Å². The van der Waals surface area contributed by atoms with E-state index in [4.69, 9.17) is 9.15 Å². The van der Waals surface area contributed by atoms with Crippen LogP contribution in [-0.2, 0) is 9.53 Å². The predicted octanol–water partition coefficient (Wildman–Crippen LogP) is 3.00. The van der Waals surface area contributed by atoms with Crippen LogP contribution in [0.3, 0.4) is 0 Å². The lowest BCUT2D eigenvalue weighted by Crippen LogP contribution is -2.21. The topological polar surface area (TPSA) is 68.5 Å². The first-order chi connectivity index (χ1) is 9.99. The van der Waals surface area contributed by atoms with Crippen LogP contribution in [-0.4, -0.2) is 18.5 Å². The van der Waals surface area contributed by atoms with E-state index in [1.54, 1.807) is 6.92 Å². The zero-order valence-electron chi connectivity index (χ0n) is 12.2. The number of hydrogen-bond donors (Lipinski definition) is 1. The molecule has 2 rings (SSSR count). The normalized spacial score (nSPS) is 10.2. The zero-order valence-corrected chi connectivity index (χ0v) is 12.2. The second-order valence-corrected chi connectivity index (χ2v) is 4.76. The summed E-state index contributed by atoms with van der Waals surface area (Å²) in [6, 6.07) is 7.15. The Labute approximate surface area is 122 Å². The Morgan fingerprint density at radius 1 is 1.19 bits per heavy atom. The van der Waals surface area contributed by atoms with Crippen molar-refractivity contribution >= 4 is 17.6 Å². The number of furan rings is 1. The summed E-state index contributed by atoms with van der Waals surface area (Å²) >= 11 is 0. The van der Waals surface area contributed by atoms with Crippen molar-refractivity contribution in [3.05, 3.63) is 53.0 Å². The first kappa shape index (κ1) is 14.8. The minimum Gasteiger partial charge on any atom is -0.469 e. The Kier molecular flexibility index (Phi) is 4.42. The maximum Gasteiger partial charge on any atom is 0.342 e. The molecule has 1 N–H and O–H groups in total. The lowest BCUT2D eigenvalue weighted by atomic mass is 10.1. The number of ether oxygens (including phenoxy) is 1. The molecular formula is C16H17NO4. The van der Waals surface area contributed by atoms with Crippen LogP contribution in [0.15, 0.2) is 34.9 Å². The lowest BCUT2D eigenvalue weighted by Gasteiger charge is -2.10. The number of carbonyl (C=O) groups excluding carboxylic acids is 2. The van der Waals surface area contributed by atoms with Crippen molar-refractivity contribution in [1.82, 2.24) is 0 Å². The van der Waals surface area contributed by atoms with Crippen molar-refractivity contribution in [3.8, 4) is 0 Å². The molecule has 0 fully saturated rings. The SMILES string of the molecule is Cc1cccc(NC(=O)COC(=O)c2ccoc2C)c1C. The molecular weight excluding hydrogens is 270 g/mol. The molecule has 2 aromatic rings. The van der Waals surface area contributed by atoms with Gasteiger partial charge in [-0.15, -0.1) is 0 Å². The van der Waals surface area contributed by atoms with E-state index in [9.17, 15) is 9.59 Å². The zero-order chi connectivity index (χ0) is 15.4. The second-order valence-electron chi connectivity index (χ2n) is 4.76. The van der Waals surface area contributed by atoms with Crippen LogP contribution in [0.2, 0.25) is 0 Å². The number of carbonyl (C=O) groups is 2. The van der Waals surface area contributed by atoms with Crippen LogP contribution < -0.4 is 5.32 Å². The second kappa shape index (κ2) is 6.26. The number of aryl methyl sites for hydroxylation is 2. The summed E-state index contributed by atoms with van der Waals surface area (Å²) in [5, 5.41) is 2.73. The van der Waals surface area contributed by atoms with Crippen molar-refractivity contribution in [2.75, 3.05) is 11.9 Å². The van der Waals surface area contributed by atoms with Crippen molar-refractivity contribution in [3.63, 3.8) is 0 Å². The summed E-state index contributed by atoms with van der Waals surface area (Å²) in [7, 11) is 0. The van der Waals surface area contributed by atoms with Crippen LogP contribution in [0.4, 0.5) is 5.69 Å². The van der Waals surface area contributed by atoms with Gasteiger partial charge in [-0.1, -0.05) is 12.1 Å². The molecule has 5 nitrogen and oxygen atoms in total. The minimum absolute atomic E-state index is 0.328. The Morgan fingerprint density at radius 2 is 1.95 bits per heavy atom. The highest BCUT2D eigenvalue weighted by atomic mass is 16.5. The molecule has 21 heavy (non-hydrogen) atoms. The molecule has 0 spiro atoms. The van der Waals surface area contributed by atoms with E-state index in [2.05, 4.69) is 5.32 Å². The Balaban J connectivity index is 1.92. The van der Waals surface area contributed by atoms with Crippen molar-refractivity contribution < 1.29 is 18.7 Å². The molecule has 110 valence electrons. The van der Waals surface area contributed by atoms with Crippen molar-refractivity contribution in [2.24, 2.45) is 0 Å². The molecule has 1 heterocycles. The van der Waals surface area contributed by atoms with Gasteiger partial charge in [-0.3, -0.25) is 4.79 Å². The summed E-state index contributed by atoms with van der Waals surface area (Å²) in [4.78, 5) is 23.6. The van der Waals surface area contributed by atoms with Gasteiger partial charge in [0.15, 0.2) is 6.61 Å². The molecule has 0 bridgehead atoms. The molecule has 0 aliphatic heterocycles.